The van der Waals surface area contributed by atoms with Crippen molar-refractivity contribution in [3.05, 3.63) is 0 Å². The zero-order chi connectivity index (χ0) is 11.6. The van der Waals surface area contributed by atoms with Crippen LogP contribution in [0.5, 0.6) is 0 Å². The largest absolute Gasteiger partial charge is 0.390 e. The summed E-state index contributed by atoms with van der Waals surface area (Å²) in [4.78, 5) is 0. The topological polar surface area (TPSA) is 66.4 Å². The maximum atomic E-state index is 11.2. The summed E-state index contributed by atoms with van der Waals surface area (Å²) in [6.07, 6.45) is -0.741. The second-order valence-electron chi connectivity index (χ2n) is 4.88. The lowest BCUT2D eigenvalue weighted by Crippen LogP contribution is -2.41. The van der Waals surface area contributed by atoms with E-state index in [0.29, 0.717) is 11.8 Å². The van der Waals surface area contributed by atoms with Crippen molar-refractivity contribution in [1.29, 1.82) is 0 Å². The maximum Gasteiger partial charge on any atom is 0.154 e. The molecular formula is C10H21NO3S. The van der Waals surface area contributed by atoms with Crippen LogP contribution in [0.25, 0.3) is 0 Å². The van der Waals surface area contributed by atoms with E-state index in [1.54, 1.807) is 0 Å². The molecule has 5 heteroatoms. The monoisotopic (exact) mass is 235 g/mol. The number of hydrogen-bond donors (Lipinski definition) is 2. The molecule has 1 saturated heterocycles. The Balaban J connectivity index is 2.41. The molecule has 1 aliphatic rings. The molecule has 0 amide bonds. The Bertz CT molecular complexity index is 300. The van der Waals surface area contributed by atoms with E-state index in [4.69, 9.17) is 0 Å². The molecule has 1 fully saturated rings. The van der Waals surface area contributed by atoms with E-state index in [1.807, 2.05) is 0 Å². The summed E-state index contributed by atoms with van der Waals surface area (Å²) >= 11 is 0. The lowest BCUT2D eigenvalue weighted by molar-refractivity contribution is 0.161. The molecule has 1 aliphatic heterocycles. The fourth-order valence-corrected chi connectivity index (χ4v) is 3.37. The zero-order valence-corrected chi connectivity index (χ0v) is 10.4. The first-order chi connectivity index (χ1) is 6.82. The van der Waals surface area contributed by atoms with Gasteiger partial charge in [0.1, 0.15) is 0 Å². The van der Waals surface area contributed by atoms with Gasteiger partial charge < -0.3 is 10.4 Å². The van der Waals surface area contributed by atoms with Gasteiger partial charge in [0.25, 0.3) is 0 Å². The molecule has 0 saturated carbocycles. The van der Waals surface area contributed by atoms with Crippen molar-refractivity contribution in [2.45, 2.75) is 32.9 Å². The van der Waals surface area contributed by atoms with Gasteiger partial charge in [-0.2, -0.15) is 0 Å². The first kappa shape index (κ1) is 12.9. The SMILES string of the molecule is CC(C)C(C)CNC1CS(=O)(=O)CC1O. The normalized spacial score (nSPS) is 32.1. The first-order valence-electron chi connectivity index (χ1n) is 5.43. The van der Waals surface area contributed by atoms with Crippen LogP contribution in [0, 0.1) is 11.8 Å². The van der Waals surface area contributed by atoms with Crippen molar-refractivity contribution in [1.82, 2.24) is 5.32 Å². The van der Waals surface area contributed by atoms with Gasteiger partial charge in [-0.3, -0.25) is 0 Å². The third kappa shape index (κ3) is 3.74. The second-order valence-corrected chi connectivity index (χ2v) is 7.03. The summed E-state index contributed by atoms with van der Waals surface area (Å²) in [5.74, 6) is 1.02. The zero-order valence-electron chi connectivity index (χ0n) is 9.60. The van der Waals surface area contributed by atoms with Crippen molar-refractivity contribution in [2.24, 2.45) is 11.8 Å². The van der Waals surface area contributed by atoms with Gasteiger partial charge in [-0.25, -0.2) is 8.42 Å². The smallest absolute Gasteiger partial charge is 0.154 e. The van der Waals surface area contributed by atoms with Crippen molar-refractivity contribution in [2.75, 3.05) is 18.1 Å². The van der Waals surface area contributed by atoms with Gasteiger partial charge in [-0.1, -0.05) is 20.8 Å². The molecule has 1 rings (SSSR count). The maximum absolute atomic E-state index is 11.2. The van der Waals surface area contributed by atoms with Crippen LogP contribution in [0.2, 0.25) is 0 Å². The Kier molecular flexibility index (Phi) is 4.14. The average Bonchev–Trinajstić information content (AvgIpc) is 2.35. The van der Waals surface area contributed by atoms with Crippen LogP contribution >= 0.6 is 0 Å². The molecule has 0 aliphatic carbocycles. The number of aliphatic hydroxyl groups excluding tert-OH is 1. The van der Waals surface area contributed by atoms with E-state index in [1.165, 1.54) is 0 Å². The molecule has 90 valence electrons. The summed E-state index contributed by atoms with van der Waals surface area (Å²) in [5.41, 5.74) is 0. The minimum atomic E-state index is -3.03. The number of sulfone groups is 1. The lowest BCUT2D eigenvalue weighted by Gasteiger charge is -2.20. The van der Waals surface area contributed by atoms with Crippen LogP contribution in [0.1, 0.15) is 20.8 Å². The lowest BCUT2D eigenvalue weighted by atomic mass is 9.98. The van der Waals surface area contributed by atoms with Crippen molar-refractivity contribution in [3.63, 3.8) is 0 Å². The number of nitrogens with one attached hydrogen (secondary N) is 1. The van der Waals surface area contributed by atoms with Crippen molar-refractivity contribution in [3.8, 4) is 0 Å². The Labute approximate surface area is 92.0 Å². The third-order valence-electron chi connectivity index (χ3n) is 3.16. The molecule has 3 unspecified atom stereocenters. The standard InChI is InChI=1S/C10H21NO3S/c1-7(2)8(3)4-11-9-5-15(13,14)6-10(9)12/h7-12H,4-6H2,1-3H3. The third-order valence-corrected chi connectivity index (χ3v) is 4.88. The highest BCUT2D eigenvalue weighted by molar-refractivity contribution is 7.91. The van der Waals surface area contributed by atoms with E-state index in [-0.39, 0.29) is 17.5 Å². The average molecular weight is 235 g/mol. The molecule has 0 spiro atoms. The van der Waals surface area contributed by atoms with Crippen molar-refractivity contribution >= 4 is 9.84 Å². The predicted octanol–water partition coefficient (Wildman–Crippen LogP) is 0.0260. The number of aliphatic hydroxyl groups is 1. The first-order valence-corrected chi connectivity index (χ1v) is 7.26. The molecule has 0 aromatic heterocycles. The van der Waals surface area contributed by atoms with E-state index in [0.717, 1.165) is 6.54 Å². The van der Waals surface area contributed by atoms with Gasteiger partial charge >= 0.3 is 0 Å². The van der Waals surface area contributed by atoms with Crippen LogP contribution in [0.15, 0.2) is 0 Å². The Morgan fingerprint density at radius 1 is 1.33 bits per heavy atom. The van der Waals surface area contributed by atoms with Gasteiger partial charge in [0.2, 0.25) is 0 Å². The van der Waals surface area contributed by atoms with Crippen LogP contribution in [0.4, 0.5) is 0 Å². The summed E-state index contributed by atoms with van der Waals surface area (Å²) in [7, 11) is -3.03. The molecule has 0 aromatic rings. The summed E-state index contributed by atoms with van der Waals surface area (Å²) in [6.45, 7) is 7.14. The van der Waals surface area contributed by atoms with Crippen LogP contribution in [0.3, 0.4) is 0 Å². The van der Waals surface area contributed by atoms with Gasteiger partial charge in [0, 0.05) is 6.04 Å². The van der Waals surface area contributed by atoms with Gasteiger partial charge in [-0.05, 0) is 18.4 Å². The molecule has 0 bridgehead atoms. The predicted molar refractivity (Wildman–Crippen MR) is 60.5 cm³/mol. The van der Waals surface area contributed by atoms with E-state index in [9.17, 15) is 13.5 Å². The molecule has 0 radical (unpaired) electrons. The Morgan fingerprint density at radius 2 is 1.93 bits per heavy atom. The van der Waals surface area contributed by atoms with Gasteiger partial charge in [0.15, 0.2) is 9.84 Å². The van der Waals surface area contributed by atoms with E-state index in [2.05, 4.69) is 26.1 Å². The highest BCUT2D eigenvalue weighted by atomic mass is 32.2. The summed E-state index contributed by atoms with van der Waals surface area (Å²) < 4.78 is 22.5. The molecule has 1 heterocycles. The van der Waals surface area contributed by atoms with Crippen LogP contribution in [-0.2, 0) is 9.84 Å². The summed E-state index contributed by atoms with van der Waals surface area (Å²) in [6, 6.07) is -0.281. The number of rotatable bonds is 4. The minimum absolute atomic E-state index is 0.0684. The van der Waals surface area contributed by atoms with E-state index < -0.39 is 15.9 Å². The molecule has 4 nitrogen and oxygen atoms in total. The van der Waals surface area contributed by atoms with Crippen LogP contribution < -0.4 is 5.32 Å². The minimum Gasteiger partial charge on any atom is -0.390 e. The Morgan fingerprint density at radius 3 is 2.33 bits per heavy atom. The van der Waals surface area contributed by atoms with Gasteiger partial charge in [0.05, 0.1) is 17.6 Å². The molecule has 2 N–H and O–H groups in total. The van der Waals surface area contributed by atoms with Crippen molar-refractivity contribution < 1.29 is 13.5 Å². The van der Waals surface area contributed by atoms with Crippen LogP contribution in [-0.4, -0.2) is 43.7 Å². The second kappa shape index (κ2) is 4.80. The molecule has 15 heavy (non-hydrogen) atoms. The Hall–Kier alpha value is -0.130. The number of hydrogen-bond acceptors (Lipinski definition) is 4. The highest BCUT2D eigenvalue weighted by Gasteiger charge is 2.36. The molecule has 0 aromatic carbocycles. The van der Waals surface area contributed by atoms with E-state index >= 15 is 0 Å². The fraction of sp³-hybridized carbons (Fsp3) is 1.00. The molecule has 3 atom stereocenters. The summed E-state index contributed by atoms with van der Waals surface area (Å²) in [5, 5.41) is 12.7. The fourth-order valence-electron chi connectivity index (χ4n) is 1.60. The quantitative estimate of drug-likeness (QED) is 0.721. The van der Waals surface area contributed by atoms with Gasteiger partial charge in [-0.15, -0.1) is 0 Å². The highest BCUT2D eigenvalue weighted by Crippen LogP contribution is 2.14. The molecular weight excluding hydrogens is 214 g/mol.